The Morgan fingerprint density at radius 2 is 1.69 bits per heavy atom. The summed E-state index contributed by atoms with van der Waals surface area (Å²) in [6.45, 7) is 2.25. The van der Waals surface area contributed by atoms with Crippen molar-refractivity contribution >= 4 is 5.88 Å². The Labute approximate surface area is 98.4 Å². The van der Waals surface area contributed by atoms with Crippen molar-refractivity contribution in [2.45, 2.75) is 64.7 Å². The molecule has 1 aromatic rings. The van der Waals surface area contributed by atoms with E-state index in [0.717, 1.165) is 12.1 Å². The lowest BCUT2D eigenvalue weighted by atomic mass is 10.1. The van der Waals surface area contributed by atoms with Crippen molar-refractivity contribution < 1.29 is 4.52 Å². The molecular weight excluding hydrogens is 200 g/mol. The lowest BCUT2D eigenvalue weighted by Crippen LogP contribution is -1.86. The number of rotatable bonds is 9. The summed E-state index contributed by atoms with van der Waals surface area (Å²) in [5.74, 6) is 0.426. The zero-order valence-electron chi connectivity index (χ0n) is 10.4. The van der Waals surface area contributed by atoms with Crippen molar-refractivity contribution in [3.05, 3.63) is 11.8 Å². The molecule has 0 saturated carbocycles. The van der Waals surface area contributed by atoms with Crippen LogP contribution >= 0.6 is 0 Å². The second-order valence-corrected chi connectivity index (χ2v) is 4.45. The van der Waals surface area contributed by atoms with Gasteiger partial charge in [-0.3, -0.25) is 0 Å². The van der Waals surface area contributed by atoms with E-state index >= 15 is 0 Å². The third-order valence-electron chi connectivity index (χ3n) is 2.86. The summed E-state index contributed by atoms with van der Waals surface area (Å²) < 4.78 is 4.81. The van der Waals surface area contributed by atoms with E-state index in [1.54, 1.807) is 0 Å². The molecule has 0 aliphatic carbocycles. The fourth-order valence-electron chi connectivity index (χ4n) is 1.89. The molecule has 0 saturated heterocycles. The minimum Gasteiger partial charge on any atom is -0.368 e. The normalized spacial score (nSPS) is 10.8. The smallest absolute Gasteiger partial charge is 0.222 e. The van der Waals surface area contributed by atoms with Gasteiger partial charge in [-0.05, 0) is 12.8 Å². The number of nitrogen functional groups attached to an aromatic ring is 1. The van der Waals surface area contributed by atoms with E-state index in [4.69, 9.17) is 10.3 Å². The van der Waals surface area contributed by atoms with Crippen LogP contribution in [0.5, 0.6) is 0 Å². The largest absolute Gasteiger partial charge is 0.368 e. The number of aryl methyl sites for hydroxylation is 1. The van der Waals surface area contributed by atoms with Crippen molar-refractivity contribution in [2.75, 3.05) is 5.73 Å². The van der Waals surface area contributed by atoms with E-state index in [2.05, 4.69) is 12.1 Å². The summed E-state index contributed by atoms with van der Waals surface area (Å²) in [5.41, 5.74) is 6.44. The molecule has 0 bridgehead atoms. The Balaban J connectivity index is 1.88. The van der Waals surface area contributed by atoms with E-state index in [9.17, 15) is 0 Å². The Bertz CT molecular complexity index is 271. The summed E-state index contributed by atoms with van der Waals surface area (Å²) in [6, 6.07) is 1.82. The summed E-state index contributed by atoms with van der Waals surface area (Å²) in [7, 11) is 0. The molecule has 1 aromatic heterocycles. The van der Waals surface area contributed by atoms with Crippen molar-refractivity contribution in [3.8, 4) is 0 Å². The van der Waals surface area contributed by atoms with Gasteiger partial charge in [0, 0.05) is 6.07 Å². The van der Waals surface area contributed by atoms with Crippen LogP contribution in [0.15, 0.2) is 10.6 Å². The summed E-state index contributed by atoms with van der Waals surface area (Å²) >= 11 is 0. The number of nitrogens with zero attached hydrogens (tertiary/aromatic N) is 1. The molecule has 0 aromatic carbocycles. The predicted molar refractivity (Wildman–Crippen MR) is 67.2 cm³/mol. The Kier molecular flexibility index (Phi) is 6.70. The lowest BCUT2D eigenvalue weighted by molar-refractivity contribution is 0.425. The first-order valence-corrected chi connectivity index (χ1v) is 6.54. The van der Waals surface area contributed by atoms with Crippen LogP contribution < -0.4 is 5.73 Å². The molecule has 16 heavy (non-hydrogen) atoms. The summed E-state index contributed by atoms with van der Waals surface area (Å²) in [5, 5.41) is 3.87. The molecule has 0 amide bonds. The van der Waals surface area contributed by atoms with Gasteiger partial charge in [-0.25, -0.2) is 0 Å². The first kappa shape index (κ1) is 13.1. The van der Waals surface area contributed by atoms with Gasteiger partial charge in [-0.2, -0.15) is 0 Å². The molecule has 1 rings (SSSR count). The maximum absolute atomic E-state index is 5.45. The average molecular weight is 224 g/mol. The third-order valence-corrected chi connectivity index (χ3v) is 2.86. The third kappa shape index (κ3) is 5.79. The highest BCUT2D eigenvalue weighted by Crippen LogP contribution is 2.12. The van der Waals surface area contributed by atoms with Crippen LogP contribution in [-0.4, -0.2) is 5.16 Å². The zero-order chi connectivity index (χ0) is 11.6. The van der Waals surface area contributed by atoms with E-state index in [1.165, 1.54) is 51.4 Å². The maximum atomic E-state index is 5.45. The van der Waals surface area contributed by atoms with E-state index in [1.807, 2.05) is 6.07 Å². The van der Waals surface area contributed by atoms with Gasteiger partial charge in [0.05, 0.1) is 5.69 Å². The Hall–Kier alpha value is -0.990. The second-order valence-electron chi connectivity index (χ2n) is 4.45. The van der Waals surface area contributed by atoms with Crippen LogP contribution in [0.2, 0.25) is 0 Å². The fraction of sp³-hybridized carbons (Fsp3) is 0.769. The van der Waals surface area contributed by atoms with Gasteiger partial charge in [0.2, 0.25) is 5.88 Å². The van der Waals surface area contributed by atoms with Crippen molar-refractivity contribution in [2.24, 2.45) is 0 Å². The molecule has 3 heteroatoms. The van der Waals surface area contributed by atoms with Crippen molar-refractivity contribution in [1.29, 1.82) is 0 Å². The monoisotopic (exact) mass is 224 g/mol. The van der Waals surface area contributed by atoms with Crippen molar-refractivity contribution in [3.63, 3.8) is 0 Å². The number of hydrogen-bond acceptors (Lipinski definition) is 3. The Morgan fingerprint density at radius 3 is 2.25 bits per heavy atom. The topological polar surface area (TPSA) is 52.0 Å². The van der Waals surface area contributed by atoms with Crippen molar-refractivity contribution in [1.82, 2.24) is 5.16 Å². The molecule has 3 nitrogen and oxygen atoms in total. The molecule has 0 atom stereocenters. The van der Waals surface area contributed by atoms with Crippen LogP contribution in [0.25, 0.3) is 0 Å². The predicted octanol–water partition coefficient (Wildman–Crippen LogP) is 3.94. The fourth-order valence-corrected chi connectivity index (χ4v) is 1.89. The van der Waals surface area contributed by atoms with Gasteiger partial charge in [-0.1, -0.05) is 57.0 Å². The molecule has 0 aliphatic heterocycles. The minimum atomic E-state index is 0.426. The van der Waals surface area contributed by atoms with Crippen LogP contribution in [0, 0.1) is 0 Å². The molecular formula is C13H24N2O. The first-order chi connectivity index (χ1) is 7.83. The standard InChI is InChI=1S/C13H24N2O/c1-2-3-4-5-6-7-8-9-10-12-11-13(14)16-15-12/h11H,2-10,14H2,1H3. The highest BCUT2D eigenvalue weighted by atomic mass is 16.5. The molecule has 2 N–H and O–H groups in total. The summed E-state index contributed by atoms with van der Waals surface area (Å²) in [6.07, 6.45) is 11.7. The SMILES string of the molecule is CCCCCCCCCCc1cc(N)on1. The zero-order valence-corrected chi connectivity index (χ0v) is 10.4. The number of unbranched alkanes of at least 4 members (excludes halogenated alkanes) is 7. The number of nitrogens with two attached hydrogens (primary N) is 1. The van der Waals surface area contributed by atoms with Gasteiger partial charge in [0.25, 0.3) is 0 Å². The Morgan fingerprint density at radius 1 is 1.06 bits per heavy atom. The minimum absolute atomic E-state index is 0.426. The van der Waals surface area contributed by atoms with Crippen LogP contribution in [-0.2, 0) is 6.42 Å². The maximum Gasteiger partial charge on any atom is 0.222 e. The second kappa shape index (κ2) is 8.20. The van der Waals surface area contributed by atoms with Crippen LogP contribution in [0.4, 0.5) is 5.88 Å². The van der Waals surface area contributed by atoms with Gasteiger partial charge in [-0.15, -0.1) is 0 Å². The van der Waals surface area contributed by atoms with Gasteiger partial charge in [0.1, 0.15) is 0 Å². The van der Waals surface area contributed by atoms with Gasteiger partial charge in [0.15, 0.2) is 0 Å². The number of aromatic nitrogens is 1. The molecule has 0 spiro atoms. The molecule has 92 valence electrons. The quantitative estimate of drug-likeness (QED) is 0.646. The number of hydrogen-bond donors (Lipinski definition) is 1. The van der Waals surface area contributed by atoms with Crippen LogP contribution in [0.1, 0.15) is 64.0 Å². The van der Waals surface area contributed by atoms with Crippen LogP contribution in [0.3, 0.4) is 0 Å². The first-order valence-electron chi connectivity index (χ1n) is 6.54. The highest BCUT2D eigenvalue weighted by Gasteiger charge is 1.99. The lowest BCUT2D eigenvalue weighted by Gasteiger charge is -2.00. The summed E-state index contributed by atoms with van der Waals surface area (Å²) in [4.78, 5) is 0. The van der Waals surface area contributed by atoms with E-state index in [-0.39, 0.29) is 0 Å². The highest BCUT2D eigenvalue weighted by molar-refractivity contribution is 5.24. The molecule has 0 radical (unpaired) electrons. The van der Waals surface area contributed by atoms with Gasteiger partial charge < -0.3 is 10.3 Å². The van der Waals surface area contributed by atoms with Gasteiger partial charge >= 0.3 is 0 Å². The number of anilines is 1. The molecule has 0 unspecified atom stereocenters. The molecule has 0 aliphatic rings. The van der Waals surface area contributed by atoms with E-state index < -0.39 is 0 Å². The average Bonchev–Trinajstić information content (AvgIpc) is 2.68. The molecule has 1 heterocycles. The molecule has 0 fully saturated rings. The van der Waals surface area contributed by atoms with E-state index in [0.29, 0.717) is 5.88 Å².